The molecule has 4 heterocycles. The molecule has 0 aliphatic carbocycles. The number of amides is 1. The SMILES string of the molecule is CCN1C(=O)c2c(O)c(=O)c(-c3nnc(Cc4ccc(F)cc4F)s3)cn2N2CC[C@@H](C)C[C@@H]12. The van der Waals surface area contributed by atoms with Crippen molar-refractivity contribution in [2.75, 3.05) is 18.1 Å². The average molecular weight is 488 g/mol. The van der Waals surface area contributed by atoms with E-state index in [2.05, 4.69) is 17.1 Å². The molecule has 2 aromatic heterocycles. The Balaban J connectivity index is 1.55. The average Bonchev–Trinajstić information content (AvgIpc) is 3.26. The van der Waals surface area contributed by atoms with Crippen molar-refractivity contribution in [2.24, 2.45) is 5.92 Å². The zero-order valence-electron chi connectivity index (χ0n) is 18.7. The highest BCUT2D eigenvalue weighted by Crippen LogP contribution is 2.33. The second kappa shape index (κ2) is 8.46. The lowest BCUT2D eigenvalue weighted by Gasteiger charge is -2.50. The molecule has 1 aromatic carbocycles. The third-order valence-corrected chi connectivity index (χ3v) is 7.42. The Hall–Kier alpha value is -3.34. The number of hydrogen-bond acceptors (Lipinski definition) is 7. The number of rotatable bonds is 4. The molecule has 2 aliphatic rings. The van der Waals surface area contributed by atoms with Gasteiger partial charge in [-0.25, -0.2) is 8.78 Å². The van der Waals surface area contributed by atoms with E-state index in [0.29, 0.717) is 24.0 Å². The predicted molar refractivity (Wildman–Crippen MR) is 122 cm³/mol. The summed E-state index contributed by atoms with van der Waals surface area (Å²) in [6.07, 6.45) is 3.14. The van der Waals surface area contributed by atoms with Crippen molar-refractivity contribution < 1.29 is 18.7 Å². The van der Waals surface area contributed by atoms with Gasteiger partial charge in [-0.3, -0.25) is 19.3 Å². The molecule has 1 fully saturated rings. The Morgan fingerprint density at radius 2 is 2.03 bits per heavy atom. The summed E-state index contributed by atoms with van der Waals surface area (Å²) in [4.78, 5) is 27.9. The Bertz CT molecular complexity index is 1340. The molecule has 0 saturated carbocycles. The molecular weight excluding hydrogens is 464 g/mol. The van der Waals surface area contributed by atoms with Gasteiger partial charge < -0.3 is 10.0 Å². The molecule has 0 bridgehead atoms. The second-order valence-corrected chi connectivity index (χ2v) is 9.75. The lowest BCUT2D eigenvalue weighted by molar-refractivity contribution is 0.0498. The first-order chi connectivity index (χ1) is 16.3. The van der Waals surface area contributed by atoms with Gasteiger partial charge in [-0.15, -0.1) is 10.2 Å². The van der Waals surface area contributed by atoms with Crippen LogP contribution in [0.5, 0.6) is 5.75 Å². The van der Waals surface area contributed by atoms with Crippen LogP contribution in [0.15, 0.2) is 29.2 Å². The molecule has 34 heavy (non-hydrogen) atoms. The fraction of sp³-hybridized carbons (Fsp3) is 0.391. The summed E-state index contributed by atoms with van der Waals surface area (Å²) in [5.41, 5.74) is -0.404. The molecule has 1 amide bonds. The lowest BCUT2D eigenvalue weighted by Crippen LogP contribution is -2.63. The van der Waals surface area contributed by atoms with Crippen LogP contribution < -0.4 is 10.4 Å². The van der Waals surface area contributed by atoms with Crippen molar-refractivity contribution in [3.8, 4) is 16.3 Å². The van der Waals surface area contributed by atoms with Crippen LogP contribution in [0.2, 0.25) is 0 Å². The molecule has 11 heteroatoms. The molecule has 178 valence electrons. The summed E-state index contributed by atoms with van der Waals surface area (Å²) in [5.74, 6) is -1.93. The van der Waals surface area contributed by atoms with Gasteiger partial charge in [0.05, 0.1) is 5.56 Å². The minimum atomic E-state index is -0.713. The van der Waals surface area contributed by atoms with Crippen LogP contribution in [0.1, 0.15) is 47.7 Å². The maximum atomic E-state index is 14.0. The van der Waals surface area contributed by atoms with E-state index in [1.165, 1.54) is 18.3 Å². The Morgan fingerprint density at radius 1 is 1.24 bits per heavy atom. The monoisotopic (exact) mass is 487 g/mol. The summed E-state index contributed by atoms with van der Waals surface area (Å²) in [7, 11) is 0. The highest BCUT2D eigenvalue weighted by Gasteiger charge is 2.42. The summed E-state index contributed by atoms with van der Waals surface area (Å²) in [6, 6.07) is 3.31. The smallest absolute Gasteiger partial charge is 0.278 e. The van der Waals surface area contributed by atoms with Gasteiger partial charge in [0, 0.05) is 31.8 Å². The van der Waals surface area contributed by atoms with E-state index in [1.807, 2.05) is 11.9 Å². The molecule has 8 nitrogen and oxygen atoms in total. The first kappa shape index (κ1) is 22.5. The zero-order chi connectivity index (χ0) is 24.1. The molecule has 5 rings (SSSR count). The number of nitrogens with zero attached hydrogens (tertiary/aromatic N) is 5. The van der Waals surface area contributed by atoms with E-state index < -0.39 is 22.8 Å². The van der Waals surface area contributed by atoms with Crippen LogP contribution in [0.3, 0.4) is 0 Å². The van der Waals surface area contributed by atoms with Crippen molar-refractivity contribution in [3.63, 3.8) is 0 Å². The minimum absolute atomic E-state index is 0.0560. The highest BCUT2D eigenvalue weighted by molar-refractivity contribution is 7.14. The topological polar surface area (TPSA) is 91.6 Å². The first-order valence-corrected chi connectivity index (χ1v) is 11.9. The van der Waals surface area contributed by atoms with Gasteiger partial charge in [-0.2, -0.15) is 0 Å². The molecule has 0 spiro atoms. The largest absolute Gasteiger partial charge is 0.502 e. The van der Waals surface area contributed by atoms with Gasteiger partial charge in [0.1, 0.15) is 22.8 Å². The van der Waals surface area contributed by atoms with Gasteiger partial charge >= 0.3 is 0 Å². The standard InChI is InChI=1S/C23H23F2N5O3S/c1-3-28-18-8-12(2)6-7-29(18)30-11-15(20(31)21(32)19(30)23(28)33)22-27-26-17(34-22)9-13-4-5-14(24)10-16(13)25/h4-5,10-12,18,32H,3,6-9H2,1-2H3/t12-,18+/m1/s1. The van der Waals surface area contributed by atoms with Crippen molar-refractivity contribution in [2.45, 2.75) is 39.3 Å². The molecule has 0 unspecified atom stereocenters. The van der Waals surface area contributed by atoms with Crippen LogP contribution in [0.25, 0.3) is 10.6 Å². The number of hydrogen-bond donors (Lipinski definition) is 1. The summed E-state index contributed by atoms with van der Waals surface area (Å²) < 4.78 is 28.8. The highest BCUT2D eigenvalue weighted by atomic mass is 32.1. The van der Waals surface area contributed by atoms with E-state index in [0.717, 1.165) is 30.2 Å². The number of fused-ring (bicyclic) bond motifs is 3. The zero-order valence-corrected chi connectivity index (χ0v) is 19.5. The Kier molecular flexibility index (Phi) is 5.59. The van der Waals surface area contributed by atoms with E-state index in [4.69, 9.17) is 0 Å². The van der Waals surface area contributed by atoms with Gasteiger partial charge in [0.15, 0.2) is 16.5 Å². The number of aromatic hydroxyl groups is 1. The molecule has 1 N–H and O–H groups in total. The van der Waals surface area contributed by atoms with Gasteiger partial charge in [0.25, 0.3) is 5.91 Å². The number of pyridine rings is 1. The molecule has 2 atom stereocenters. The van der Waals surface area contributed by atoms with E-state index >= 15 is 0 Å². The quantitative estimate of drug-likeness (QED) is 0.608. The Labute approximate surface area is 198 Å². The number of aromatic nitrogens is 3. The van der Waals surface area contributed by atoms with E-state index in [9.17, 15) is 23.5 Å². The third-order valence-electron chi connectivity index (χ3n) is 6.47. The number of halogens is 2. The maximum absolute atomic E-state index is 14.0. The van der Waals surface area contributed by atoms with Crippen molar-refractivity contribution in [1.29, 1.82) is 0 Å². The predicted octanol–water partition coefficient (Wildman–Crippen LogP) is 3.11. The lowest BCUT2D eigenvalue weighted by atomic mass is 9.95. The van der Waals surface area contributed by atoms with Crippen LogP contribution >= 0.6 is 11.3 Å². The number of benzene rings is 1. The fourth-order valence-electron chi connectivity index (χ4n) is 4.67. The molecule has 0 radical (unpaired) electrons. The number of carbonyl (C=O) groups is 1. The normalized spacial score (nSPS) is 19.8. The molecule has 1 saturated heterocycles. The van der Waals surface area contributed by atoms with Crippen LogP contribution in [-0.2, 0) is 6.42 Å². The van der Waals surface area contributed by atoms with Gasteiger partial charge in [0.2, 0.25) is 5.43 Å². The van der Waals surface area contributed by atoms with Gasteiger partial charge in [-0.05, 0) is 37.3 Å². The van der Waals surface area contributed by atoms with E-state index in [1.54, 1.807) is 9.58 Å². The van der Waals surface area contributed by atoms with Crippen LogP contribution in [-0.4, -0.2) is 50.0 Å². The molecule has 3 aromatic rings. The van der Waals surface area contributed by atoms with Gasteiger partial charge in [-0.1, -0.05) is 24.3 Å². The maximum Gasteiger partial charge on any atom is 0.278 e. The first-order valence-electron chi connectivity index (χ1n) is 11.1. The number of carbonyl (C=O) groups excluding carboxylic acids is 1. The fourth-order valence-corrected chi connectivity index (χ4v) is 5.54. The van der Waals surface area contributed by atoms with Crippen LogP contribution in [0.4, 0.5) is 8.78 Å². The summed E-state index contributed by atoms with van der Waals surface area (Å²) >= 11 is 1.08. The van der Waals surface area contributed by atoms with Crippen LogP contribution in [0, 0.1) is 17.6 Å². The molecular formula is C23H23F2N5O3S. The molecule has 2 aliphatic heterocycles. The summed E-state index contributed by atoms with van der Waals surface area (Å²) in [5, 5.41) is 21.6. The van der Waals surface area contributed by atoms with Crippen molar-refractivity contribution in [3.05, 3.63) is 62.5 Å². The number of piperidine rings is 1. The van der Waals surface area contributed by atoms with E-state index in [-0.39, 0.29) is 40.3 Å². The van der Waals surface area contributed by atoms with Crippen molar-refractivity contribution in [1.82, 2.24) is 19.8 Å². The van der Waals surface area contributed by atoms with Crippen molar-refractivity contribution >= 4 is 17.2 Å². The minimum Gasteiger partial charge on any atom is -0.502 e. The second-order valence-electron chi connectivity index (χ2n) is 8.69. The Morgan fingerprint density at radius 3 is 2.76 bits per heavy atom. The summed E-state index contributed by atoms with van der Waals surface area (Å²) in [6.45, 7) is 5.14. The third kappa shape index (κ3) is 3.64.